The van der Waals surface area contributed by atoms with Crippen molar-refractivity contribution in [3.05, 3.63) is 50.7 Å². The van der Waals surface area contributed by atoms with Crippen LogP contribution in [0.1, 0.15) is 21.6 Å². The number of nitrogens with zero attached hydrogens (tertiary/aromatic N) is 2. The standard InChI is InChI=1S/C12H10BrClN2O/c1-7-10(12(14)16(2)15-7)11(17)8-5-3-4-6-9(8)13/h3-6H,1-2H3. The van der Waals surface area contributed by atoms with E-state index < -0.39 is 0 Å². The fourth-order valence-electron chi connectivity index (χ4n) is 1.67. The second kappa shape index (κ2) is 4.63. The average Bonchev–Trinajstić information content (AvgIpc) is 2.53. The van der Waals surface area contributed by atoms with E-state index in [1.54, 1.807) is 20.0 Å². The summed E-state index contributed by atoms with van der Waals surface area (Å²) < 4.78 is 2.25. The summed E-state index contributed by atoms with van der Waals surface area (Å²) in [4.78, 5) is 12.4. The molecule has 1 aromatic heterocycles. The van der Waals surface area contributed by atoms with Gasteiger partial charge in [0.2, 0.25) is 0 Å². The number of carbonyl (C=O) groups is 1. The highest BCUT2D eigenvalue weighted by molar-refractivity contribution is 9.10. The van der Waals surface area contributed by atoms with Crippen LogP contribution in [0.4, 0.5) is 0 Å². The summed E-state index contributed by atoms with van der Waals surface area (Å²) in [6, 6.07) is 7.26. The summed E-state index contributed by atoms with van der Waals surface area (Å²) in [5.41, 5.74) is 1.69. The van der Waals surface area contributed by atoms with Crippen LogP contribution in [-0.4, -0.2) is 15.6 Å². The Balaban J connectivity index is 2.55. The molecule has 0 fully saturated rings. The molecule has 0 bridgehead atoms. The van der Waals surface area contributed by atoms with Crippen molar-refractivity contribution in [3.63, 3.8) is 0 Å². The van der Waals surface area contributed by atoms with Crippen molar-refractivity contribution >= 4 is 33.3 Å². The fraction of sp³-hybridized carbons (Fsp3) is 0.167. The van der Waals surface area contributed by atoms with E-state index in [-0.39, 0.29) is 5.78 Å². The second-order valence-corrected chi connectivity index (χ2v) is 4.90. The van der Waals surface area contributed by atoms with E-state index in [9.17, 15) is 4.79 Å². The minimum absolute atomic E-state index is 0.118. The molecule has 2 aromatic rings. The molecule has 0 radical (unpaired) electrons. The smallest absolute Gasteiger partial charge is 0.199 e. The number of aryl methyl sites for hydroxylation is 2. The maximum Gasteiger partial charge on any atom is 0.199 e. The van der Waals surface area contributed by atoms with Crippen molar-refractivity contribution in [1.29, 1.82) is 0 Å². The van der Waals surface area contributed by atoms with Crippen LogP contribution >= 0.6 is 27.5 Å². The van der Waals surface area contributed by atoms with Gasteiger partial charge in [-0.05, 0) is 19.1 Å². The Labute approximate surface area is 113 Å². The maximum absolute atomic E-state index is 12.4. The quantitative estimate of drug-likeness (QED) is 0.797. The molecule has 1 heterocycles. The number of halogens is 2. The van der Waals surface area contributed by atoms with Gasteiger partial charge in [0.05, 0.1) is 11.3 Å². The number of aromatic nitrogens is 2. The van der Waals surface area contributed by atoms with Gasteiger partial charge in [-0.3, -0.25) is 9.48 Å². The van der Waals surface area contributed by atoms with Gasteiger partial charge in [-0.25, -0.2) is 0 Å². The van der Waals surface area contributed by atoms with Crippen LogP contribution in [0.25, 0.3) is 0 Å². The van der Waals surface area contributed by atoms with Gasteiger partial charge in [0.1, 0.15) is 5.15 Å². The van der Waals surface area contributed by atoms with Crippen molar-refractivity contribution < 1.29 is 4.79 Å². The molecule has 0 aliphatic carbocycles. The molecule has 0 saturated carbocycles. The van der Waals surface area contributed by atoms with Gasteiger partial charge in [0.25, 0.3) is 0 Å². The van der Waals surface area contributed by atoms with Crippen molar-refractivity contribution in [2.24, 2.45) is 7.05 Å². The fourth-order valence-corrected chi connectivity index (χ4v) is 2.39. The number of hydrogen-bond acceptors (Lipinski definition) is 2. The van der Waals surface area contributed by atoms with Gasteiger partial charge >= 0.3 is 0 Å². The summed E-state index contributed by atoms with van der Waals surface area (Å²) in [7, 11) is 1.71. The van der Waals surface area contributed by atoms with Gasteiger partial charge in [-0.15, -0.1) is 0 Å². The third kappa shape index (κ3) is 2.15. The highest BCUT2D eigenvalue weighted by atomic mass is 79.9. The monoisotopic (exact) mass is 312 g/mol. The highest BCUT2D eigenvalue weighted by Crippen LogP contribution is 2.25. The minimum Gasteiger partial charge on any atom is -0.288 e. The number of carbonyl (C=O) groups excluding carboxylic acids is 1. The molecule has 5 heteroatoms. The van der Waals surface area contributed by atoms with Crippen molar-refractivity contribution in [1.82, 2.24) is 9.78 Å². The summed E-state index contributed by atoms with van der Waals surface area (Å²) >= 11 is 9.43. The first-order chi connectivity index (χ1) is 8.02. The van der Waals surface area contributed by atoms with E-state index in [1.807, 2.05) is 18.2 Å². The Morgan fingerprint density at radius 1 is 1.41 bits per heavy atom. The molecule has 0 saturated heterocycles. The molecule has 88 valence electrons. The first-order valence-corrected chi connectivity index (χ1v) is 6.17. The SMILES string of the molecule is Cc1nn(C)c(Cl)c1C(=O)c1ccccc1Br. The van der Waals surface area contributed by atoms with E-state index in [2.05, 4.69) is 21.0 Å². The molecule has 0 aliphatic rings. The lowest BCUT2D eigenvalue weighted by Crippen LogP contribution is -2.03. The predicted molar refractivity (Wildman–Crippen MR) is 70.5 cm³/mol. The van der Waals surface area contributed by atoms with Gasteiger partial charge in [0, 0.05) is 17.1 Å². The lowest BCUT2D eigenvalue weighted by molar-refractivity contribution is 0.103. The minimum atomic E-state index is -0.118. The van der Waals surface area contributed by atoms with Crippen LogP contribution in [0.3, 0.4) is 0 Å². The van der Waals surface area contributed by atoms with Crippen LogP contribution in [0, 0.1) is 6.92 Å². The Morgan fingerprint density at radius 3 is 2.59 bits per heavy atom. The number of benzene rings is 1. The van der Waals surface area contributed by atoms with Crippen molar-refractivity contribution in [2.75, 3.05) is 0 Å². The lowest BCUT2D eigenvalue weighted by Gasteiger charge is -2.03. The molecular formula is C12H10BrClN2O. The van der Waals surface area contributed by atoms with Crippen LogP contribution in [0.2, 0.25) is 5.15 Å². The Morgan fingerprint density at radius 2 is 2.06 bits per heavy atom. The lowest BCUT2D eigenvalue weighted by atomic mass is 10.0. The highest BCUT2D eigenvalue weighted by Gasteiger charge is 2.21. The Hall–Kier alpha value is -1.13. The molecule has 3 nitrogen and oxygen atoms in total. The third-order valence-corrected chi connectivity index (χ3v) is 3.62. The predicted octanol–water partition coefficient (Wildman–Crippen LogP) is 3.38. The summed E-state index contributed by atoms with van der Waals surface area (Å²) in [5, 5.41) is 4.50. The van der Waals surface area contributed by atoms with Crippen molar-refractivity contribution in [2.45, 2.75) is 6.92 Å². The van der Waals surface area contributed by atoms with E-state index in [0.29, 0.717) is 22.0 Å². The number of rotatable bonds is 2. The van der Waals surface area contributed by atoms with Crippen LogP contribution in [-0.2, 0) is 7.05 Å². The zero-order valence-corrected chi connectivity index (χ0v) is 11.7. The molecule has 2 rings (SSSR count). The van der Waals surface area contributed by atoms with Crippen LogP contribution in [0.15, 0.2) is 28.7 Å². The summed E-state index contributed by atoms with van der Waals surface area (Å²) in [5.74, 6) is -0.118. The zero-order chi connectivity index (χ0) is 12.6. The number of ketones is 1. The molecule has 1 aromatic carbocycles. The second-order valence-electron chi connectivity index (χ2n) is 3.68. The molecule has 0 amide bonds. The van der Waals surface area contributed by atoms with E-state index in [0.717, 1.165) is 4.47 Å². The normalized spacial score (nSPS) is 10.6. The molecule has 0 N–H and O–H groups in total. The third-order valence-electron chi connectivity index (χ3n) is 2.50. The molecule has 0 atom stereocenters. The van der Waals surface area contributed by atoms with Gasteiger partial charge in [-0.2, -0.15) is 5.10 Å². The summed E-state index contributed by atoms with van der Waals surface area (Å²) in [6.07, 6.45) is 0. The van der Waals surface area contributed by atoms with Crippen molar-refractivity contribution in [3.8, 4) is 0 Å². The summed E-state index contributed by atoms with van der Waals surface area (Å²) in [6.45, 7) is 1.77. The van der Waals surface area contributed by atoms with Gasteiger partial charge in [0.15, 0.2) is 5.78 Å². The van der Waals surface area contributed by atoms with Crippen LogP contribution < -0.4 is 0 Å². The van der Waals surface area contributed by atoms with Gasteiger partial charge in [-0.1, -0.05) is 39.7 Å². The first kappa shape index (κ1) is 12.3. The van der Waals surface area contributed by atoms with Gasteiger partial charge < -0.3 is 0 Å². The molecular weight excluding hydrogens is 304 g/mol. The van der Waals surface area contributed by atoms with E-state index in [4.69, 9.17) is 11.6 Å². The largest absolute Gasteiger partial charge is 0.288 e. The molecule has 0 unspecified atom stereocenters. The number of hydrogen-bond donors (Lipinski definition) is 0. The Kier molecular flexibility index (Phi) is 3.35. The maximum atomic E-state index is 12.4. The zero-order valence-electron chi connectivity index (χ0n) is 9.37. The average molecular weight is 314 g/mol. The van der Waals surface area contributed by atoms with E-state index in [1.165, 1.54) is 4.68 Å². The molecule has 17 heavy (non-hydrogen) atoms. The first-order valence-electron chi connectivity index (χ1n) is 5.00. The molecule has 0 aliphatic heterocycles. The molecule has 0 spiro atoms. The van der Waals surface area contributed by atoms with E-state index >= 15 is 0 Å². The van der Waals surface area contributed by atoms with Crippen LogP contribution in [0.5, 0.6) is 0 Å². The topological polar surface area (TPSA) is 34.9 Å². The Bertz CT molecular complexity index is 592.